The van der Waals surface area contributed by atoms with Crippen LogP contribution in [0, 0.1) is 11.8 Å². The van der Waals surface area contributed by atoms with Gasteiger partial charge in [-0.2, -0.15) is 16.8 Å². The number of carbonyl (C=O) groups excluding carboxylic acids is 8. The fourth-order valence-corrected chi connectivity index (χ4v) is 16.0. The molecule has 24 nitrogen and oxygen atoms in total. The van der Waals surface area contributed by atoms with Gasteiger partial charge in [0.15, 0.2) is 0 Å². The molecule has 8 aliphatic rings. The Bertz CT molecular complexity index is 3200. The number of allylic oxidation sites excluding steroid dienone is 1. The summed E-state index contributed by atoms with van der Waals surface area (Å²) in [5, 5.41) is 11.2. The van der Waals surface area contributed by atoms with Crippen LogP contribution in [-0.2, 0) is 76.3 Å². The van der Waals surface area contributed by atoms with Crippen molar-refractivity contribution in [3.63, 3.8) is 0 Å². The minimum Gasteiger partial charge on any atom is -0.467 e. The van der Waals surface area contributed by atoms with Crippen LogP contribution >= 0.6 is 31.9 Å². The van der Waals surface area contributed by atoms with E-state index in [0.717, 1.165) is 103 Å². The van der Waals surface area contributed by atoms with Crippen LogP contribution < -0.4 is 21.3 Å². The van der Waals surface area contributed by atoms with E-state index < -0.39 is 115 Å². The number of hydrogen-bond donors (Lipinski definition) is 4. The van der Waals surface area contributed by atoms with Crippen molar-refractivity contribution in [2.24, 2.45) is 11.8 Å². The lowest BCUT2D eigenvalue weighted by molar-refractivity contribution is -0.148. The second-order valence-electron chi connectivity index (χ2n) is 24.8. The van der Waals surface area contributed by atoms with Gasteiger partial charge in [0.2, 0.25) is 23.6 Å². The molecule has 2 aromatic carbocycles. The van der Waals surface area contributed by atoms with Crippen molar-refractivity contribution in [3.05, 3.63) is 69.6 Å². The number of methoxy groups -OCH3 is 2. The molecule has 494 valence electrons. The van der Waals surface area contributed by atoms with Gasteiger partial charge in [-0.15, -0.1) is 0 Å². The highest BCUT2D eigenvalue weighted by Gasteiger charge is 2.64. The lowest BCUT2D eigenvalue weighted by Gasteiger charge is -2.29. The van der Waals surface area contributed by atoms with Gasteiger partial charge in [0.25, 0.3) is 20.2 Å². The average molecular weight is 1420 g/mol. The molecule has 4 aliphatic carbocycles. The van der Waals surface area contributed by atoms with Crippen LogP contribution in [0.15, 0.2) is 79.4 Å². The van der Waals surface area contributed by atoms with Crippen molar-refractivity contribution in [2.45, 2.75) is 224 Å². The predicted octanol–water partition coefficient (Wildman–Crippen LogP) is 7.68. The summed E-state index contributed by atoms with van der Waals surface area (Å²) in [7, 11) is -5.94. The van der Waals surface area contributed by atoms with Gasteiger partial charge in [-0.25, -0.2) is 19.2 Å². The first kappa shape index (κ1) is 68.7. The zero-order chi connectivity index (χ0) is 64.4. The molecule has 4 heterocycles. The number of nitrogens with one attached hydrogen (secondary N) is 4. The number of esters is 2. The molecule has 6 amide bonds. The second kappa shape index (κ2) is 30.4. The lowest BCUT2D eigenvalue weighted by atomic mass is 10.0. The van der Waals surface area contributed by atoms with E-state index in [-0.39, 0.29) is 59.8 Å². The molecule has 2 aromatic rings. The monoisotopic (exact) mass is 1420 g/mol. The Morgan fingerprint density at radius 3 is 1.38 bits per heavy atom. The number of carbonyl (C=O) groups is 8. The maximum Gasteiger partial charge on any atom is 0.408 e. The van der Waals surface area contributed by atoms with Crippen molar-refractivity contribution in [1.29, 1.82) is 0 Å². The first-order valence-electron chi connectivity index (χ1n) is 31.4. The van der Waals surface area contributed by atoms with Gasteiger partial charge in [-0.1, -0.05) is 89.0 Å². The highest BCUT2D eigenvalue weighted by atomic mass is 79.9. The number of halogens is 2. The molecule has 3 saturated heterocycles. The quantitative estimate of drug-likeness (QED) is 0.0685. The van der Waals surface area contributed by atoms with Crippen LogP contribution in [0.1, 0.15) is 154 Å². The average Bonchev–Trinajstić information content (AvgIpc) is 1.60. The number of benzene rings is 2. The Morgan fingerprint density at radius 1 is 0.522 bits per heavy atom. The Labute approximate surface area is 542 Å². The van der Waals surface area contributed by atoms with Gasteiger partial charge < -0.3 is 50.0 Å². The number of ether oxygens (including phenoxy) is 4. The largest absolute Gasteiger partial charge is 0.467 e. The van der Waals surface area contributed by atoms with E-state index >= 15 is 0 Å². The molecule has 0 spiro atoms. The van der Waals surface area contributed by atoms with Crippen LogP contribution in [0.3, 0.4) is 0 Å². The number of amides is 6. The molecule has 0 bridgehead atoms. The molecular formula is C62H82Br2N6O18S2. The summed E-state index contributed by atoms with van der Waals surface area (Å²) in [6.07, 6.45) is 16.2. The Hall–Kier alpha value is -5.68. The van der Waals surface area contributed by atoms with Crippen LogP contribution in [0.5, 0.6) is 0 Å². The minimum atomic E-state index is -4.24. The van der Waals surface area contributed by atoms with Gasteiger partial charge in [0, 0.05) is 40.8 Å². The molecule has 4 N–H and O–H groups in total. The first-order chi connectivity index (χ1) is 43.0. The van der Waals surface area contributed by atoms with Crippen molar-refractivity contribution in [3.8, 4) is 0 Å². The summed E-state index contributed by atoms with van der Waals surface area (Å²) in [5.74, 6) is -3.78. The van der Waals surface area contributed by atoms with Gasteiger partial charge in [-0.05, 0) is 151 Å². The third kappa shape index (κ3) is 17.1. The summed E-state index contributed by atoms with van der Waals surface area (Å²) in [6.45, 7) is -0.408. The fraction of sp³-hybridized carbons (Fsp3) is 0.645. The summed E-state index contributed by atoms with van der Waals surface area (Å²) in [4.78, 5) is 110. The second-order valence-corrected chi connectivity index (χ2v) is 29.8. The Kier molecular flexibility index (Phi) is 23.2. The van der Waals surface area contributed by atoms with E-state index in [0.29, 0.717) is 47.5 Å². The summed E-state index contributed by atoms with van der Waals surface area (Å²) in [6, 6.07) is 7.59. The standard InChI is InChI=1S/C31H42BrN3O9S.C31H40BrN3O9S/c2*1-42-29(38)31-18-20(31)9-5-3-2-4-6-12-25(33-30(39)43-22-10-7-8-11-22)28(37)35-19-23(17-26(35)27(36)34-31)44-45(40,41)24-15-13-21(32)14-16-24/h13-16,20,22-23,25-26H,2-12,17-19H2,1H3,(H,33,39)(H,34,36);5,9,13-16,20,22-23,25-26H,2-4,6-8,10-12,17-19H2,1H3,(H,33,39)(H,34,36)/b;9-5-/t2*20-,23+,25+,26+,31-/m11/s1. The van der Waals surface area contributed by atoms with E-state index in [2.05, 4.69) is 53.1 Å². The minimum absolute atomic E-state index is 0.0643. The molecule has 10 rings (SSSR count). The van der Waals surface area contributed by atoms with Gasteiger partial charge in [0.05, 0.1) is 36.2 Å². The number of hydrogen-bond acceptors (Lipinski definition) is 18. The summed E-state index contributed by atoms with van der Waals surface area (Å²) >= 11 is 6.57. The van der Waals surface area contributed by atoms with E-state index in [1.165, 1.54) is 48.3 Å². The fourth-order valence-electron chi connectivity index (χ4n) is 13.3. The SMILES string of the molecule is COC(=O)[C@@]12C[C@H]1/C=C\CCCCC[C@H](NC(=O)OC1CCCC1)C(=O)N1C[C@@H](OS(=O)(=O)c3ccc(Br)cc3)C[C@H]1C(=O)N2.COC(=O)[C@@]12C[C@H]1CCCCCCC[C@H](NC(=O)OC1CCCC1)C(=O)N1C[C@@H](OS(=O)(=O)c3ccc(Br)cc3)C[C@H]1C(=O)N2. The number of fused-ring (bicyclic) bond motifs is 4. The lowest BCUT2D eigenvalue weighted by Crippen LogP contribution is -2.56. The zero-order valence-electron chi connectivity index (χ0n) is 50.7. The molecule has 0 radical (unpaired) electrons. The van der Waals surface area contributed by atoms with Crippen molar-refractivity contribution in [2.75, 3.05) is 27.3 Å². The smallest absolute Gasteiger partial charge is 0.408 e. The van der Waals surface area contributed by atoms with Gasteiger partial charge in [-0.3, -0.25) is 27.5 Å². The normalized spacial score (nSPS) is 30.0. The van der Waals surface area contributed by atoms with Crippen molar-refractivity contribution < 1.29 is 82.5 Å². The van der Waals surface area contributed by atoms with Crippen molar-refractivity contribution >= 4 is 99.8 Å². The van der Waals surface area contributed by atoms with Crippen LogP contribution in [0.25, 0.3) is 0 Å². The Balaban J connectivity index is 0.000000213. The zero-order valence-corrected chi connectivity index (χ0v) is 55.6. The van der Waals surface area contributed by atoms with Crippen LogP contribution in [0.4, 0.5) is 9.59 Å². The third-order valence-corrected chi connectivity index (χ3v) is 22.3. The molecule has 7 fully saturated rings. The number of alkyl carbamates (subject to hydrolysis) is 2. The molecule has 0 unspecified atom stereocenters. The Morgan fingerprint density at radius 2 is 0.922 bits per heavy atom. The van der Waals surface area contributed by atoms with Gasteiger partial charge >= 0.3 is 24.1 Å². The molecule has 28 heteroatoms. The molecular weight excluding hydrogens is 1340 g/mol. The number of nitrogens with zero attached hydrogens (tertiary/aromatic N) is 2. The maximum atomic E-state index is 14.1. The molecule has 4 saturated carbocycles. The molecule has 0 aromatic heterocycles. The van der Waals surface area contributed by atoms with E-state index in [1.54, 1.807) is 24.3 Å². The van der Waals surface area contributed by atoms with E-state index in [4.69, 9.17) is 27.3 Å². The first-order valence-corrected chi connectivity index (χ1v) is 35.9. The van der Waals surface area contributed by atoms with Crippen LogP contribution in [-0.4, -0.2) is 161 Å². The molecule has 90 heavy (non-hydrogen) atoms. The topological polar surface area (TPSA) is 315 Å². The van der Waals surface area contributed by atoms with Crippen molar-refractivity contribution in [1.82, 2.24) is 31.1 Å². The number of rotatable bonds is 12. The maximum absolute atomic E-state index is 14.1. The molecule has 4 aliphatic heterocycles. The summed E-state index contributed by atoms with van der Waals surface area (Å²) in [5.41, 5.74) is -2.46. The highest BCUT2D eigenvalue weighted by molar-refractivity contribution is 9.10. The van der Waals surface area contributed by atoms with Gasteiger partial charge in [0.1, 0.15) is 47.5 Å². The van der Waals surface area contributed by atoms with Crippen LogP contribution in [0.2, 0.25) is 0 Å². The van der Waals surface area contributed by atoms with E-state index in [1.807, 2.05) is 12.2 Å². The third-order valence-electron chi connectivity index (χ3n) is 18.4. The summed E-state index contributed by atoms with van der Waals surface area (Å²) < 4.78 is 86.3. The highest BCUT2D eigenvalue weighted by Crippen LogP contribution is 2.49. The predicted molar refractivity (Wildman–Crippen MR) is 330 cm³/mol. The molecule has 10 atom stereocenters. The van der Waals surface area contributed by atoms with E-state index in [9.17, 15) is 55.2 Å².